The molecule has 3 heterocycles. The Hall–Kier alpha value is -3.36. The highest BCUT2D eigenvalue weighted by atomic mass is 32.1. The minimum Gasteiger partial charge on any atom is -0.493 e. The molecular formula is C26H28N4O3S. The standard InChI is InChI=1S/C26H28N4O3S/c1-31-21-10-9-19(23(32-2)24(21)33-3)15-29-11-13-30(14-12-29)25-22-20(18-7-5-4-6-8-18)16-34-26(22)28-17-27-25/h4-10,16-17H,11-15H2,1-3H3. The van der Waals surface area contributed by atoms with Gasteiger partial charge in [-0.25, -0.2) is 9.97 Å². The van der Waals surface area contributed by atoms with Crippen LogP contribution in [0.1, 0.15) is 5.56 Å². The molecular weight excluding hydrogens is 448 g/mol. The molecule has 0 aliphatic carbocycles. The van der Waals surface area contributed by atoms with Crippen LogP contribution in [0.5, 0.6) is 17.2 Å². The van der Waals surface area contributed by atoms with E-state index in [1.807, 2.05) is 12.1 Å². The van der Waals surface area contributed by atoms with E-state index in [-0.39, 0.29) is 0 Å². The van der Waals surface area contributed by atoms with E-state index in [0.29, 0.717) is 11.5 Å². The molecule has 0 radical (unpaired) electrons. The highest BCUT2D eigenvalue weighted by Gasteiger charge is 2.24. The first kappa shape index (κ1) is 22.4. The van der Waals surface area contributed by atoms with Crippen molar-refractivity contribution in [2.24, 2.45) is 0 Å². The van der Waals surface area contributed by atoms with Crippen LogP contribution in [0.3, 0.4) is 0 Å². The molecule has 0 spiro atoms. The van der Waals surface area contributed by atoms with Crippen LogP contribution >= 0.6 is 11.3 Å². The third-order valence-corrected chi connectivity index (χ3v) is 7.17. The number of methoxy groups -OCH3 is 3. The van der Waals surface area contributed by atoms with E-state index in [1.54, 1.807) is 39.0 Å². The minimum absolute atomic E-state index is 0.635. The summed E-state index contributed by atoms with van der Waals surface area (Å²) in [6, 6.07) is 14.5. The molecule has 0 atom stereocenters. The van der Waals surface area contributed by atoms with Crippen LogP contribution in [0, 0.1) is 0 Å². The average Bonchev–Trinajstić information content (AvgIpc) is 3.34. The molecule has 5 rings (SSSR count). The molecule has 0 amide bonds. The van der Waals surface area contributed by atoms with Gasteiger partial charge in [-0.15, -0.1) is 11.3 Å². The Morgan fingerprint density at radius 3 is 2.32 bits per heavy atom. The summed E-state index contributed by atoms with van der Waals surface area (Å²) in [5.41, 5.74) is 3.49. The first-order chi connectivity index (χ1) is 16.7. The molecule has 0 saturated carbocycles. The van der Waals surface area contributed by atoms with Gasteiger partial charge in [0.1, 0.15) is 17.0 Å². The van der Waals surface area contributed by atoms with E-state index < -0.39 is 0 Å². The lowest BCUT2D eigenvalue weighted by molar-refractivity contribution is 0.243. The zero-order valence-electron chi connectivity index (χ0n) is 19.7. The van der Waals surface area contributed by atoms with E-state index in [1.165, 1.54) is 11.1 Å². The second-order valence-corrected chi connectivity index (χ2v) is 9.01. The number of fused-ring (bicyclic) bond motifs is 1. The van der Waals surface area contributed by atoms with Gasteiger partial charge in [0.25, 0.3) is 0 Å². The smallest absolute Gasteiger partial charge is 0.203 e. The normalized spacial score (nSPS) is 14.4. The van der Waals surface area contributed by atoms with Crippen LogP contribution in [-0.4, -0.2) is 62.4 Å². The molecule has 1 saturated heterocycles. The number of rotatable bonds is 7. The largest absolute Gasteiger partial charge is 0.493 e. The van der Waals surface area contributed by atoms with Gasteiger partial charge in [0, 0.05) is 49.2 Å². The molecule has 2 aromatic carbocycles. The number of anilines is 1. The molecule has 8 heteroatoms. The van der Waals surface area contributed by atoms with Crippen molar-refractivity contribution in [1.82, 2.24) is 14.9 Å². The van der Waals surface area contributed by atoms with Gasteiger partial charge in [-0.1, -0.05) is 36.4 Å². The van der Waals surface area contributed by atoms with Crippen molar-refractivity contribution in [3.63, 3.8) is 0 Å². The number of aromatic nitrogens is 2. The Morgan fingerprint density at radius 2 is 1.62 bits per heavy atom. The van der Waals surface area contributed by atoms with E-state index in [0.717, 1.165) is 60.1 Å². The summed E-state index contributed by atoms with van der Waals surface area (Å²) < 4.78 is 16.7. The van der Waals surface area contributed by atoms with Crippen LogP contribution in [0.25, 0.3) is 21.3 Å². The average molecular weight is 477 g/mol. The second kappa shape index (κ2) is 9.87. The third kappa shape index (κ3) is 4.15. The van der Waals surface area contributed by atoms with Crippen LogP contribution in [0.2, 0.25) is 0 Å². The summed E-state index contributed by atoms with van der Waals surface area (Å²) in [4.78, 5) is 15.1. The number of hydrogen-bond acceptors (Lipinski definition) is 8. The Kier molecular flexibility index (Phi) is 6.51. The topological polar surface area (TPSA) is 60.0 Å². The molecule has 1 fully saturated rings. The number of thiophene rings is 1. The van der Waals surface area contributed by atoms with Crippen molar-refractivity contribution >= 4 is 27.4 Å². The molecule has 4 aromatic rings. The van der Waals surface area contributed by atoms with Crippen molar-refractivity contribution in [3.05, 3.63) is 59.7 Å². The van der Waals surface area contributed by atoms with Gasteiger partial charge in [-0.3, -0.25) is 4.90 Å². The molecule has 2 aromatic heterocycles. The maximum atomic E-state index is 5.68. The first-order valence-electron chi connectivity index (χ1n) is 11.3. The molecule has 7 nitrogen and oxygen atoms in total. The van der Waals surface area contributed by atoms with Crippen LogP contribution < -0.4 is 19.1 Å². The molecule has 0 unspecified atom stereocenters. The van der Waals surface area contributed by atoms with Crippen LogP contribution in [-0.2, 0) is 6.54 Å². The maximum absolute atomic E-state index is 5.68. The molecule has 0 N–H and O–H groups in total. The maximum Gasteiger partial charge on any atom is 0.203 e. The van der Waals surface area contributed by atoms with E-state index in [9.17, 15) is 0 Å². The van der Waals surface area contributed by atoms with Crippen LogP contribution in [0.4, 0.5) is 5.82 Å². The summed E-state index contributed by atoms with van der Waals surface area (Å²) in [5.74, 6) is 3.06. The molecule has 34 heavy (non-hydrogen) atoms. The summed E-state index contributed by atoms with van der Waals surface area (Å²) in [6.45, 7) is 4.42. The Balaban J connectivity index is 1.35. The lowest BCUT2D eigenvalue weighted by Crippen LogP contribution is -2.46. The Labute approximate surface area is 203 Å². The van der Waals surface area contributed by atoms with E-state index in [4.69, 9.17) is 19.2 Å². The van der Waals surface area contributed by atoms with Gasteiger partial charge in [0.15, 0.2) is 11.5 Å². The summed E-state index contributed by atoms with van der Waals surface area (Å²) in [7, 11) is 4.95. The van der Waals surface area contributed by atoms with Gasteiger partial charge < -0.3 is 19.1 Å². The number of hydrogen-bond donors (Lipinski definition) is 0. The number of nitrogens with zero attached hydrogens (tertiary/aromatic N) is 4. The van der Waals surface area contributed by atoms with Crippen molar-refractivity contribution in [2.75, 3.05) is 52.4 Å². The van der Waals surface area contributed by atoms with Crippen LogP contribution in [0.15, 0.2) is 54.2 Å². The highest BCUT2D eigenvalue weighted by molar-refractivity contribution is 7.17. The molecule has 1 aliphatic heterocycles. The molecule has 1 aliphatic rings. The zero-order valence-corrected chi connectivity index (χ0v) is 20.5. The Bertz CT molecular complexity index is 1270. The quantitative estimate of drug-likeness (QED) is 0.383. The van der Waals surface area contributed by atoms with E-state index >= 15 is 0 Å². The number of benzene rings is 2. The van der Waals surface area contributed by atoms with Crippen molar-refractivity contribution in [2.45, 2.75) is 6.54 Å². The summed E-state index contributed by atoms with van der Waals surface area (Å²) in [6.07, 6.45) is 1.68. The zero-order chi connectivity index (χ0) is 23.5. The van der Waals surface area contributed by atoms with Gasteiger partial charge in [-0.2, -0.15) is 0 Å². The highest BCUT2D eigenvalue weighted by Crippen LogP contribution is 2.41. The predicted molar refractivity (Wildman–Crippen MR) is 136 cm³/mol. The fourth-order valence-electron chi connectivity index (χ4n) is 4.58. The number of piperazine rings is 1. The predicted octanol–water partition coefficient (Wildman–Crippen LogP) is 4.71. The first-order valence-corrected chi connectivity index (χ1v) is 12.1. The SMILES string of the molecule is COc1ccc(CN2CCN(c3ncnc4scc(-c5ccccc5)c34)CC2)c(OC)c1OC. The summed E-state index contributed by atoms with van der Waals surface area (Å²) in [5, 5.41) is 3.34. The molecule has 176 valence electrons. The molecule has 0 bridgehead atoms. The number of ether oxygens (including phenoxy) is 3. The van der Waals surface area contributed by atoms with Crippen molar-refractivity contribution in [3.8, 4) is 28.4 Å². The van der Waals surface area contributed by atoms with Gasteiger partial charge in [0.2, 0.25) is 5.75 Å². The van der Waals surface area contributed by atoms with Crippen molar-refractivity contribution in [1.29, 1.82) is 0 Å². The third-order valence-electron chi connectivity index (χ3n) is 6.29. The fourth-order valence-corrected chi connectivity index (χ4v) is 5.49. The minimum atomic E-state index is 0.635. The monoisotopic (exact) mass is 476 g/mol. The van der Waals surface area contributed by atoms with Gasteiger partial charge >= 0.3 is 0 Å². The van der Waals surface area contributed by atoms with Crippen molar-refractivity contribution < 1.29 is 14.2 Å². The second-order valence-electron chi connectivity index (χ2n) is 8.15. The van der Waals surface area contributed by atoms with Gasteiger partial charge in [0.05, 0.1) is 26.7 Å². The summed E-state index contributed by atoms with van der Waals surface area (Å²) >= 11 is 1.68. The lowest BCUT2D eigenvalue weighted by atomic mass is 10.1. The fraction of sp³-hybridized carbons (Fsp3) is 0.308. The van der Waals surface area contributed by atoms with E-state index in [2.05, 4.69) is 50.5 Å². The lowest BCUT2D eigenvalue weighted by Gasteiger charge is -2.36. The Morgan fingerprint density at radius 1 is 0.853 bits per heavy atom. The van der Waals surface area contributed by atoms with Gasteiger partial charge in [-0.05, 0) is 11.6 Å².